The number of aromatic nitrogens is 3. The van der Waals surface area contributed by atoms with Crippen LogP contribution in [-0.2, 0) is 32.7 Å². The molecule has 2 aromatic heterocycles. The van der Waals surface area contributed by atoms with Crippen molar-refractivity contribution < 1.29 is 27.0 Å². The second-order valence-corrected chi connectivity index (χ2v) is 10.7. The van der Waals surface area contributed by atoms with Gasteiger partial charge in [-0.25, -0.2) is 14.8 Å². The van der Waals surface area contributed by atoms with Gasteiger partial charge in [-0.05, 0) is 54.6 Å². The fourth-order valence-electron chi connectivity index (χ4n) is 4.02. The van der Waals surface area contributed by atoms with Crippen LogP contribution in [0.15, 0.2) is 66.9 Å². The smallest absolute Gasteiger partial charge is 0.378 e. The van der Waals surface area contributed by atoms with E-state index in [1.54, 1.807) is 66.9 Å². The summed E-state index contributed by atoms with van der Waals surface area (Å²) in [5.41, 5.74) is 8.14. The standard InChI is InChI=1S/C27H28N8O6S/c1-34-21-11-8-18(26(37)35(14-12-22(28)36)23-5-3-4-13-30-23)15-20(21)32-24(34)16-31-19-9-6-17(7-10-19)25(29)33-27(38)41-42(2,39)40/h3-11,13,15,31H,12,14,16H2,1-2H3,(H2,28,36)(H2,29,33,38). The van der Waals surface area contributed by atoms with E-state index in [1.165, 1.54) is 4.90 Å². The lowest BCUT2D eigenvalue weighted by Crippen LogP contribution is -2.34. The number of hydrogen-bond donors (Lipinski definition) is 4. The van der Waals surface area contributed by atoms with Gasteiger partial charge in [0.1, 0.15) is 17.5 Å². The Balaban J connectivity index is 1.45. The van der Waals surface area contributed by atoms with Gasteiger partial charge in [0.05, 0.1) is 23.8 Å². The fraction of sp³-hybridized carbons (Fsp3) is 0.185. The van der Waals surface area contributed by atoms with Crippen LogP contribution in [-0.4, -0.2) is 59.5 Å². The zero-order valence-corrected chi connectivity index (χ0v) is 23.5. The summed E-state index contributed by atoms with van der Waals surface area (Å²) in [6.07, 6.45) is 1.00. The highest BCUT2D eigenvalue weighted by Gasteiger charge is 2.21. The number of anilines is 2. The maximum absolute atomic E-state index is 13.4. The summed E-state index contributed by atoms with van der Waals surface area (Å²) in [4.78, 5) is 46.7. The first-order valence-electron chi connectivity index (χ1n) is 12.5. The molecule has 14 nitrogen and oxygen atoms in total. The highest BCUT2D eigenvalue weighted by molar-refractivity contribution is 7.86. The van der Waals surface area contributed by atoms with Crippen LogP contribution in [0.3, 0.4) is 0 Å². The van der Waals surface area contributed by atoms with Crippen molar-refractivity contribution in [3.05, 3.63) is 83.8 Å². The number of aryl methyl sites for hydroxylation is 1. The van der Waals surface area contributed by atoms with Crippen LogP contribution in [0.1, 0.15) is 28.2 Å². The fourth-order valence-corrected chi connectivity index (χ4v) is 4.34. The van der Waals surface area contributed by atoms with Gasteiger partial charge >= 0.3 is 16.2 Å². The SMILES string of the molecule is Cn1c(CNc2ccc(C(=N)NC(=O)OS(C)(=O)=O)cc2)nc2cc(C(=O)N(CCC(N)=O)c3ccccn3)ccc21. The van der Waals surface area contributed by atoms with Gasteiger partial charge in [0.15, 0.2) is 0 Å². The predicted octanol–water partition coefficient (Wildman–Crippen LogP) is 2.11. The first-order valence-corrected chi connectivity index (χ1v) is 14.3. The molecule has 0 saturated heterocycles. The number of nitrogens with zero attached hydrogens (tertiary/aromatic N) is 4. The first kappa shape index (κ1) is 29.7. The maximum atomic E-state index is 13.4. The number of nitrogens with one attached hydrogen (secondary N) is 3. The molecular formula is C27H28N8O6S. The second-order valence-electron chi connectivity index (χ2n) is 9.16. The topological polar surface area (TPSA) is 202 Å². The Hall–Kier alpha value is -5.31. The highest BCUT2D eigenvalue weighted by Crippen LogP contribution is 2.21. The molecule has 0 saturated carbocycles. The van der Waals surface area contributed by atoms with Gasteiger partial charge in [0.2, 0.25) is 5.91 Å². The van der Waals surface area contributed by atoms with Crippen LogP contribution in [0, 0.1) is 5.41 Å². The van der Waals surface area contributed by atoms with Gasteiger partial charge in [-0.2, -0.15) is 8.42 Å². The molecule has 0 atom stereocenters. The Labute approximate surface area is 241 Å². The van der Waals surface area contributed by atoms with Crippen LogP contribution in [0.25, 0.3) is 11.0 Å². The summed E-state index contributed by atoms with van der Waals surface area (Å²) in [6, 6.07) is 16.9. The van der Waals surface area contributed by atoms with Crippen molar-refractivity contribution >= 4 is 56.4 Å². The van der Waals surface area contributed by atoms with Crippen molar-refractivity contribution in [3.8, 4) is 0 Å². The van der Waals surface area contributed by atoms with Gasteiger partial charge in [0, 0.05) is 43.0 Å². The normalized spacial score (nSPS) is 11.1. The van der Waals surface area contributed by atoms with Crippen molar-refractivity contribution in [2.24, 2.45) is 12.8 Å². The number of primary amides is 1. The molecule has 0 unspecified atom stereocenters. The number of carbonyl (C=O) groups excluding carboxylic acids is 3. The lowest BCUT2D eigenvalue weighted by atomic mass is 10.1. The summed E-state index contributed by atoms with van der Waals surface area (Å²) < 4.78 is 28.1. The number of pyridine rings is 1. The molecule has 0 radical (unpaired) electrons. The van der Waals surface area contributed by atoms with E-state index in [0.717, 1.165) is 11.8 Å². The molecule has 5 N–H and O–H groups in total. The van der Waals surface area contributed by atoms with E-state index in [2.05, 4.69) is 24.8 Å². The number of fused-ring (bicyclic) bond motifs is 1. The molecule has 0 fully saturated rings. The summed E-state index contributed by atoms with van der Waals surface area (Å²) in [5, 5.41) is 13.2. The number of amides is 3. The highest BCUT2D eigenvalue weighted by atomic mass is 32.2. The van der Waals surface area contributed by atoms with E-state index in [-0.39, 0.29) is 24.7 Å². The molecule has 0 aliphatic rings. The number of rotatable bonds is 10. The van der Waals surface area contributed by atoms with E-state index in [4.69, 9.17) is 11.1 Å². The Morgan fingerprint density at radius 2 is 1.79 bits per heavy atom. The minimum absolute atomic E-state index is 0.0156. The molecule has 3 amide bonds. The van der Waals surface area contributed by atoms with Crippen molar-refractivity contribution in [2.75, 3.05) is 23.0 Å². The Kier molecular flexibility index (Phi) is 8.81. The Bertz CT molecular complexity index is 1750. The molecule has 0 bridgehead atoms. The molecule has 0 spiro atoms. The molecule has 4 aromatic rings. The van der Waals surface area contributed by atoms with Crippen molar-refractivity contribution in [3.63, 3.8) is 0 Å². The maximum Gasteiger partial charge on any atom is 0.428 e. The lowest BCUT2D eigenvalue weighted by molar-refractivity contribution is -0.117. The first-order chi connectivity index (χ1) is 19.9. The van der Waals surface area contributed by atoms with E-state index in [9.17, 15) is 22.8 Å². The zero-order valence-electron chi connectivity index (χ0n) is 22.7. The van der Waals surface area contributed by atoms with Crippen LogP contribution in [0.2, 0.25) is 0 Å². The van der Waals surface area contributed by atoms with E-state index in [0.29, 0.717) is 40.5 Å². The molecule has 2 aromatic carbocycles. The number of imidazole rings is 1. The number of carbonyl (C=O) groups is 3. The van der Waals surface area contributed by atoms with Gasteiger partial charge < -0.3 is 19.8 Å². The van der Waals surface area contributed by atoms with Crippen molar-refractivity contribution in [1.29, 1.82) is 5.41 Å². The van der Waals surface area contributed by atoms with Gasteiger partial charge in [0.25, 0.3) is 5.91 Å². The molecule has 2 heterocycles. The summed E-state index contributed by atoms with van der Waals surface area (Å²) in [7, 11) is -2.14. The van der Waals surface area contributed by atoms with E-state index < -0.39 is 22.1 Å². The molecule has 42 heavy (non-hydrogen) atoms. The van der Waals surface area contributed by atoms with Crippen LogP contribution in [0.4, 0.5) is 16.3 Å². The summed E-state index contributed by atoms with van der Waals surface area (Å²) in [6.45, 7) is 0.419. The molecule has 218 valence electrons. The van der Waals surface area contributed by atoms with Crippen molar-refractivity contribution in [1.82, 2.24) is 19.9 Å². The average molecular weight is 593 g/mol. The minimum Gasteiger partial charge on any atom is -0.378 e. The molecular weight excluding hydrogens is 564 g/mol. The van der Waals surface area contributed by atoms with E-state index >= 15 is 0 Å². The zero-order chi connectivity index (χ0) is 30.4. The third-order valence-electron chi connectivity index (χ3n) is 6.05. The minimum atomic E-state index is -4.00. The Morgan fingerprint density at radius 3 is 2.43 bits per heavy atom. The third-order valence-corrected chi connectivity index (χ3v) is 6.51. The number of hydrogen-bond acceptors (Lipinski definition) is 10. The number of benzene rings is 2. The van der Waals surface area contributed by atoms with Gasteiger partial charge in [-0.1, -0.05) is 6.07 Å². The van der Waals surface area contributed by atoms with Gasteiger partial charge in [-0.15, -0.1) is 0 Å². The third kappa shape index (κ3) is 7.45. The van der Waals surface area contributed by atoms with Crippen LogP contribution >= 0.6 is 0 Å². The average Bonchev–Trinajstić information content (AvgIpc) is 3.26. The van der Waals surface area contributed by atoms with E-state index in [1.807, 2.05) is 11.6 Å². The van der Waals surface area contributed by atoms with Crippen molar-refractivity contribution in [2.45, 2.75) is 13.0 Å². The molecule has 0 aliphatic carbocycles. The number of nitrogens with two attached hydrogens (primary N) is 1. The monoisotopic (exact) mass is 592 g/mol. The number of amidine groups is 1. The lowest BCUT2D eigenvalue weighted by Gasteiger charge is -2.21. The predicted molar refractivity (Wildman–Crippen MR) is 155 cm³/mol. The second kappa shape index (κ2) is 12.5. The summed E-state index contributed by atoms with van der Waals surface area (Å²) >= 11 is 0. The quantitative estimate of drug-likeness (QED) is 0.121. The molecule has 0 aliphatic heterocycles. The van der Waals surface area contributed by atoms with Crippen LogP contribution in [0.5, 0.6) is 0 Å². The molecule has 4 rings (SSSR count). The van der Waals surface area contributed by atoms with Gasteiger partial charge in [-0.3, -0.25) is 25.2 Å². The largest absolute Gasteiger partial charge is 0.428 e. The van der Waals surface area contributed by atoms with Crippen LogP contribution < -0.4 is 21.3 Å². The summed E-state index contributed by atoms with van der Waals surface area (Å²) in [5.74, 6) is -0.105. The molecule has 15 heteroatoms. The Morgan fingerprint density at radius 1 is 1.07 bits per heavy atom.